The Morgan fingerprint density at radius 3 is 2.44 bits per heavy atom. The molecule has 0 heterocycles. The van der Waals surface area contributed by atoms with E-state index in [-0.39, 0.29) is 11.3 Å². The van der Waals surface area contributed by atoms with Crippen molar-refractivity contribution in [1.82, 2.24) is 0 Å². The van der Waals surface area contributed by atoms with E-state index < -0.39 is 23.4 Å². The van der Waals surface area contributed by atoms with Crippen LogP contribution in [0.5, 0.6) is 5.75 Å². The van der Waals surface area contributed by atoms with Gasteiger partial charge in [-0.2, -0.15) is 0 Å². The molecule has 0 aliphatic rings. The van der Waals surface area contributed by atoms with Crippen molar-refractivity contribution in [2.75, 3.05) is 19.0 Å². The summed E-state index contributed by atoms with van der Waals surface area (Å²) in [5.74, 6) is -0.856. The van der Waals surface area contributed by atoms with Crippen LogP contribution >= 0.6 is 0 Å². The number of nitrogens with one attached hydrogen (secondary N) is 1. The summed E-state index contributed by atoms with van der Waals surface area (Å²) >= 11 is 0. The molecule has 25 heavy (non-hydrogen) atoms. The van der Waals surface area contributed by atoms with Crippen LogP contribution in [-0.4, -0.2) is 30.5 Å². The number of amides is 1. The molecule has 2 aromatic carbocycles. The van der Waals surface area contributed by atoms with Gasteiger partial charge in [-0.3, -0.25) is 14.9 Å². The van der Waals surface area contributed by atoms with Crippen LogP contribution in [0.1, 0.15) is 15.9 Å². The molecular formula is C17H16N2O6. The van der Waals surface area contributed by atoms with E-state index in [0.29, 0.717) is 17.0 Å². The predicted octanol–water partition coefficient (Wildman–Crippen LogP) is 2.71. The van der Waals surface area contributed by atoms with Crippen LogP contribution in [0.3, 0.4) is 0 Å². The Morgan fingerprint density at radius 2 is 1.84 bits per heavy atom. The van der Waals surface area contributed by atoms with Gasteiger partial charge in [0.05, 0.1) is 12.0 Å². The maximum Gasteiger partial charge on any atom is 0.345 e. The Hall–Kier alpha value is -3.42. The standard InChI is InChI=1S/C17H16N2O6/c1-11-4-3-5-14(16(11)19(22)23)17(21)25-10-15(20)18-12-6-8-13(24-2)9-7-12/h3-9H,10H2,1-2H3,(H,18,20). The van der Waals surface area contributed by atoms with Crippen LogP contribution in [0.15, 0.2) is 42.5 Å². The number of nitro benzene ring substituents is 1. The maximum atomic E-state index is 12.0. The summed E-state index contributed by atoms with van der Waals surface area (Å²) in [7, 11) is 1.53. The van der Waals surface area contributed by atoms with Crippen molar-refractivity contribution in [3.63, 3.8) is 0 Å². The molecule has 1 N–H and O–H groups in total. The minimum atomic E-state index is -0.930. The van der Waals surface area contributed by atoms with E-state index in [2.05, 4.69) is 5.32 Å². The molecule has 8 nitrogen and oxygen atoms in total. The van der Waals surface area contributed by atoms with Crippen molar-refractivity contribution in [2.24, 2.45) is 0 Å². The molecule has 2 rings (SSSR count). The van der Waals surface area contributed by atoms with Crippen LogP contribution in [0.4, 0.5) is 11.4 Å². The molecule has 0 aromatic heterocycles. The fourth-order valence-electron chi connectivity index (χ4n) is 2.15. The first-order valence-electron chi connectivity index (χ1n) is 7.27. The number of nitrogens with zero attached hydrogens (tertiary/aromatic N) is 1. The van der Waals surface area contributed by atoms with E-state index in [1.807, 2.05) is 0 Å². The van der Waals surface area contributed by atoms with Gasteiger partial charge in [0.15, 0.2) is 6.61 Å². The van der Waals surface area contributed by atoms with Crippen LogP contribution in [0, 0.1) is 17.0 Å². The second kappa shape index (κ2) is 7.91. The molecule has 0 spiro atoms. The zero-order valence-electron chi connectivity index (χ0n) is 13.6. The molecule has 0 saturated heterocycles. The number of hydrogen-bond donors (Lipinski definition) is 1. The average molecular weight is 344 g/mol. The Kier molecular flexibility index (Phi) is 5.67. The van der Waals surface area contributed by atoms with Crippen LogP contribution < -0.4 is 10.1 Å². The summed E-state index contributed by atoms with van der Waals surface area (Å²) in [5, 5.41) is 13.6. The van der Waals surface area contributed by atoms with E-state index in [9.17, 15) is 19.7 Å². The Balaban J connectivity index is 1.99. The predicted molar refractivity (Wildman–Crippen MR) is 89.7 cm³/mol. The molecule has 0 aliphatic heterocycles. The molecule has 8 heteroatoms. The number of para-hydroxylation sites is 1. The van der Waals surface area contributed by atoms with E-state index in [0.717, 1.165) is 0 Å². The molecule has 130 valence electrons. The third-order valence-electron chi connectivity index (χ3n) is 3.35. The van der Waals surface area contributed by atoms with E-state index in [4.69, 9.17) is 9.47 Å². The van der Waals surface area contributed by atoms with Crippen molar-refractivity contribution >= 4 is 23.3 Å². The monoisotopic (exact) mass is 344 g/mol. The molecule has 0 aliphatic carbocycles. The van der Waals surface area contributed by atoms with Crippen LogP contribution in [-0.2, 0) is 9.53 Å². The third kappa shape index (κ3) is 4.54. The highest BCUT2D eigenvalue weighted by atomic mass is 16.6. The fourth-order valence-corrected chi connectivity index (χ4v) is 2.15. The third-order valence-corrected chi connectivity index (χ3v) is 3.35. The highest BCUT2D eigenvalue weighted by molar-refractivity contribution is 5.97. The highest BCUT2D eigenvalue weighted by Gasteiger charge is 2.24. The maximum absolute atomic E-state index is 12.0. The van der Waals surface area contributed by atoms with Gasteiger partial charge in [-0.25, -0.2) is 4.79 Å². The normalized spacial score (nSPS) is 10.0. The number of nitro groups is 1. The average Bonchev–Trinajstić information content (AvgIpc) is 2.59. The number of benzene rings is 2. The first kappa shape index (κ1) is 17.9. The Bertz CT molecular complexity index is 801. The minimum absolute atomic E-state index is 0.192. The van der Waals surface area contributed by atoms with Gasteiger partial charge in [0.1, 0.15) is 11.3 Å². The number of ether oxygens (including phenoxy) is 2. The molecule has 0 bridgehead atoms. The largest absolute Gasteiger partial charge is 0.497 e. The number of hydrogen-bond acceptors (Lipinski definition) is 6. The molecular weight excluding hydrogens is 328 g/mol. The lowest BCUT2D eigenvalue weighted by Crippen LogP contribution is -2.21. The Morgan fingerprint density at radius 1 is 1.16 bits per heavy atom. The van der Waals surface area contributed by atoms with Crippen molar-refractivity contribution < 1.29 is 24.0 Å². The van der Waals surface area contributed by atoms with Crippen molar-refractivity contribution in [3.8, 4) is 5.75 Å². The number of carbonyl (C=O) groups excluding carboxylic acids is 2. The number of esters is 1. The van der Waals surface area contributed by atoms with Gasteiger partial charge in [-0.05, 0) is 37.3 Å². The summed E-state index contributed by atoms with van der Waals surface area (Å²) in [4.78, 5) is 34.3. The molecule has 1 amide bonds. The number of anilines is 1. The molecule has 0 atom stereocenters. The summed E-state index contributed by atoms with van der Waals surface area (Å²) < 4.78 is 9.88. The van der Waals surface area contributed by atoms with Gasteiger partial charge >= 0.3 is 5.97 Å². The quantitative estimate of drug-likeness (QED) is 0.490. The number of aryl methyl sites for hydroxylation is 1. The number of rotatable bonds is 6. The summed E-state index contributed by atoms with van der Waals surface area (Å²) in [6, 6.07) is 10.9. The molecule has 0 saturated carbocycles. The topological polar surface area (TPSA) is 108 Å². The van der Waals surface area contributed by atoms with Gasteiger partial charge < -0.3 is 14.8 Å². The molecule has 0 radical (unpaired) electrons. The fraction of sp³-hybridized carbons (Fsp3) is 0.176. The van der Waals surface area contributed by atoms with E-state index in [1.165, 1.54) is 32.2 Å². The first-order chi connectivity index (χ1) is 11.9. The smallest absolute Gasteiger partial charge is 0.345 e. The van der Waals surface area contributed by atoms with Gasteiger partial charge in [0.25, 0.3) is 11.6 Å². The molecule has 0 fully saturated rings. The zero-order valence-corrected chi connectivity index (χ0v) is 13.6. The zero-order chi connectivity index (χ0) is 18.4. The SMILES string of the molecule is COc1ccc(NC(=O)COC(=O)c2cccc(C)c2[N+](=O)[O-])cc1. The van der Waals surface area contributed by atoms with Gasteiger partial charge in [-0.15, -0.1) is 0 Å². The number of carbonyl (C=O) groups is 2. The van der Waals surface area contributed by atoms with Crippen molar-refractivity contribution in [2.45, 2.75) is 6.92 Å². The van der Waals surface area contributed by atoms with Crippen LogP contribution in [0.25, 0.3) is 0 Å². The van der Waals surface area contributed by atoms with Crippen LogP contribution in [0.2, 0.25) is 0 Å². The molecule has 2 aromatic rings. The van der Waals surface area contributed by atoms with Gasteiger partial charge in [0.2, 0.25) is 0 Å². The lowest BCUT2D eigenvalue weighted by atomic mass is 10.1. The first-order valence-corrected chi connectivity index (χ1v) is 7.27. The highest BCUT2D eigenvalue weighted by Crippen LogP contribution is 2.23. The van der Waals surface area contributed by atoms with Gasteiger partial charge in [0, 0.05) is 11.3 Å². The number of methoxy groups -OCH3 is 1. The second-order valence-electron chi connectivity index (χ2n) is 5.08. The lowest BCUT2D eigenvalue weighted by Gasteiger charge is -2.08. The summed E-state index contributed by atoms with van der Waals surface area (Å²) in [5.41, 5.74) is 0.316. The van der Waals surface area contributed by atoms with Crippen molar-refractivity contribution in [1.29, 1.82) is 0 Å². The summed E-state index contributed by atoms with van der Waals surface area (Å²) in [6.45, 7) is 0.960. The lowest BCUT2D eigenvalue weighted by molar-refractivity contribution is -0.385. The van der Waals surface area contributed by atoms with Crippen molar-refractivity contribution in [3.05, 3.63) is 63.7 Å². The second-order valence-corrected chi connectivity index (χ2v) is 5.08. The summed E-state index contributed by atoms with van der Waals surface area (Å²) in [6.07, 6.45) is 0. The van der Waals surface area contributed by atoms with Gasteiger partial charge in [-0.1, -0.05) is 12.1 Å². The Labute approximate surface area is 143 Å². The molecule has 0 unspecified atom stereocenters. The van der Waals surface area contributed by atoms with E-state index >= 15 is 0 Å². The minimum Gasteiger partial charge on any atom is -0.497 e. The van der Waals surface area contributed by atoms with E-state index in [1.54, 1.807) is 24.3 Å².